The molecule has 0 aliphatic heterocycles. The van der Waals surface area contributed by atoms with Crippen LogP contribution in [-0.2, 0) is 11.3 Å². The average Bonchev–Trinajstić information content (AvgIpc) is 3.04. The summed E-state index contributed by atoms with van der Waals surface area (Å²) < 4.78 is 20.0. The van der Waals surface area contributed by atoms with Gasteiger partial charge in [0.15, 0.2) is 5.69 Å². The fraction of sp³-hybridized carbons (Fsp3) is 0.176. The zero-order valence-corrected chi connectivity index (χ0v) is 13.0. The molecule has 122 valence electrons. The van der Waals surface area contributed by atoms with Crippen LogP contribution < -0.4 is 0 Å². The Labute approximate surface area is 137 Å². The topological polar surface area (TPSA) is 69.9 Å². The predicted octanol–water partition coefficient (Wildman–Crippen LogP) is 2.78. The van der Waals surface area contributed by atoms with Crippen molar-refractivity contribution in [1.29, 1.82) is 0 Å². The van der Waals surface area contributed by atoms with Gasteiger partial charge in [0.2, 0.25) is 0 Å². The molecule has 2 heterocycles. The van der Waals surface area contributed by atoms with E-state index in [4.69, 9.17) is 4.74 Å². The number of pyridine rings is 1. The van der Waals surface area contributed by atoms with Gasteiger partial charge in [0.25, 0.3) is 0 Å². The van der Waals surface area contributed by atoms with E-state index in [1.54, 1.807) is 37.4 Å². The summed E-state index contributed by atoms with van der Waals surface area (Å²) in [7, 11) is 0. The number of esters is 1. The van der Waals surface area contributed by atoms with Crippen LogP contribution in [0.15, 0.2) is 54.9 Å². The van der Waals surface area contributed by atoms with Crippen LogP contribution in [0.2, 0.25) is 0 Å². The van der Waals surface area contributed by atoms with Gasteiger partial charge < -0.3 is 4.74 Å². The third kappa shape index (κ3) is 3.81. The summed E-state index contributed by atoms with van der Waals surface area (Å²) in [5.41, 5.74) is 1.47. The van der Waals surface area contributed by atoms with Crippen LogP contribution in [0.4, 0.5) is 4.39 Å². The number of nitrogens with zero attached hydrogens (tertiary/aromatic N) is 4. The van der Waals surface area contributed by atoms with Crippen LogP contribution in [-0.4, -0.2) is 25.9 Å². The van der Waals surface area contributed by atoms with Gasteiger partial charge in [0, 0.05) is 6.20 Å². The zero-order valence-electron chi connectivity index (χ0n) is 13.0. The van der Waals surface area contributed by atoms with Crippen molar-refractivity contribution >= 4 is 5.97 Å². The molecule has 0 saturated carbocycles. The van der Waals surface area contributed by atoms with Gasteiger partial charge in [0.1, 0.15) is 11.9 Å². The minimum absolute atomic E-state index is 0.0918. The Bertz CT molecular complexity index is 835. The normalized spacial score (nSPS) is 11.9. The lowest BCUT2D eigenvalue weighted by Gasteiger charge is -2.10. The van der Waals surface area contributed by atoms with Gasteiger partial charge in [0.05, 0.1) is 18.4 Å². The van der Waals surface area contributed by atoms with Crippen molar-refractivity contribution in [2.75, 3.05) is 0 Å². The molecule has 6 nitrogen and oxygen atoms in total. The summed E-state index contributed by atoms with van der Waals surface area (Å²) in [5.74, 6) is -0.907. The van der Waals surface area contributed by atoms with Crippen molar-refractivity contribution in [2.45, 2.75) is 19.6 Å². The first-order chi connectivity index (χ1) is 11.6. The summed E-state index contributed by atoms with van der Waals surface area (Å²) in [4.78, 5) is 16.3. The van der Waals surface area contributed by atoms with Crippen LogP contribution in [0.1, 0.15) is 34.8 Å². The molecule has 0 aliphatic carbocycles. The standard InChI is InChI=1S/C17H15FN4O2/c1-12(15-7-2-3-8-19-15)24-17(23)16-11-22(21-20-16)10-13-5-4-6-14(18)9-13/h2-9,11-12H,10H2,1H3/t12-/m0/s1. The first-order valence-corrected chi connectivity index (χ1v) is 7.38. The van der Waals surface area contributed by atoms with Crippen LogP contribution in [0.5, 0.6) is 0 Å². The minimum atomic E-state index is -0.585. The number of ether oxygens (including phenoxy) is 1. The molecule has 7 heteroatoms. The molecular formula is C17H15FN4O2. The zero-order chi connectivity index (χ0) is 16.9. The van der Waals surface area contributed by atoms with Gasteiger partial charge in [-0.3, -0.25) is 4.98 Å². The molecule has 0 spiro atoms. The predicted molar refractivity (Wildman–Crippen MR) is 83.6 cm³/mol. The second-order valence-corrected chi connectivity index (χ2v) is 5.23. The summed E-state index contributed by atoms with van der Waals surface area (Å²) in [6.07, 6.45) is 2.61. The highest BCUT2D eigenvalue weighted by Gasteiger charge is 2.17. The number of hydrogen-bond acceptors (Lipinski definition) is 5. The number of hydrogen-bond donors (Lipinski definition) is 0. The van der Waals surface area contributed by atoms with Gasteiger partial charge in [-0.2, -0.15) is 0 Å². The fourth-order valence-electron chi connectivity index (χ4n) is 2.19. The van der Waals surface area contributed by atoms with Crippen LogP contribution in [0.3, 0.4) is 0 Å². The van der Waals surface area contributed by atoms with Crippen molar-refractivity contribution in [3.63, 3.8) is 0 Å². The first-order valence-electron chi connectivity index (χ1n) is 7.38. The maximum atomic E-state index is 13.2. The number of carbonyl (C=O) groups excluding carboxylic acids is 1. The van der Waals surface area contributed by atoms with E-state index >= 15 is 0 Å². The summed E-state index contributed by atoms with van der Waals surface area (Å²) in [6, 6.07) is 11.5. The van der Waals surface area contributed by atoms with Crippen molar-refractivity contribution in [3.8, 4) is 0 Å². The third-order valence-electron chi connectivity index (χ3n) is 3.37. The molecule has 0 fully saturated rings. The summed E-state index contributed by atoms with van der Waals surface area (Å²) in [6.45, 7) is 2.05. The lowest BCUT2D eigenvalue weighted by Crippen LogP contribution is -2.10. The van der Waals surface area contributed by atoms with E-state index in [2.05, 4.69) is 15.3 Å². The van der Waals surface area contributed by atoms with Gasteiger partial charge in [-0.25, -0.2) is 13.9 Å². The Balaban J connectivity index is 1.65. The number of halogens is 1. The van der Waals surface area contributed by atoms with Gasteiger partial charge >= 0.3 is 5.97 Å². The Hall–Kier alpha value is -3.09. The summed E-state index contributed by atoms with van der Waals surface area (Å²) >= 11 is 0. The smallest absolute Gasteiger partial charge is 0.361 e. The highest BCUT2D eigenvalue weighted by atomic mass is 19.1. The summed E-state index contributed by atoms with van der Waals surface area (Å²) in [5, 5.41) is 7.68. The molecule has 24 heavy (non-hydrogen) atoms. The molecule has 3 rings (SSSR count). The van der Waals surface area contributed by atoms with E-state index in [1.165, 1.54) is 23.0 Å². The maximum Gasteiger partial charge on any atom is 0.361 e. The molecule has 1 aromatic carbocycles. The van der Waals surface area contributed by atoms with Crippen molar-refractivity contribution in [2.24, 2.45) is 0 Å². The second-order valence-electron chi connectivity index (χ2n) is 5.23. The van der Waals surface area contributed by atoms with Gasteiger partial charge in [-0.05, 0) is 36.8 Å². The van der Waals surface area contributed by atoms with Crippen molar-refractivity contribution < 1.29 is 13.9 Å². The molecule has 2 aromatic heterocycles. The molecule has 0 amide bonds. The van der Waals surface area contributed by atoms with Crippen LogP contribution >= 0.6 is 0 Å². The lowest BCUT2D eigenvalue weighted by atomic mass is 10.2. The number of aromatic nitrogens is 4. The average molecular weight is 326 g/mol. The molecule has 1 atom stereocenters. The van der Waals surface area contributed by atoms with E-state index in [9.17, 15) is 9.18 Å². The largest absolute Gasteiger partial charge is 0.451 e. The van der Waals surface area contributed by atoms with Crippen molar-refractivity contribution in [3.05, 3.63) is 77.6 Å². The maximum absolute atomic E-state index is 13.2. The molecule has 0 radical (unpaired) electrons. The quantitative estimate of drug-likeness (QED) is 0.674. The highest BCUT2D eigenvalue weighted by molar-refractivity contribution is 5.86. The Morgan fingerprint density at radius 3 is 2.92 bits per heavy atom. The molecular weight excluding hydrogens is 311 g/mol. The Morgan fingerprint density at radius 2 is 2.17 bits per heavy atom. The molecule has 0 saturated heterocycles. The van der Waals surface area contributed by atoms with Crippen LogP contribution in [0, 0.1) is 5.82 Å². The molecule has 0 aliphatic rings. The first kappa shape index (κ1) is 15.8. The lowest BCUT2D eigenvalue weighted by molar-refractivity contribution is 0.0322. The Kier molecular flexibility index (Phi) is 4.60. The van der Waals surface area contributed by atoms with E-state index in [1.807, 2.05) is 6.07 Å². The monoisotopic (exact) mass is 326 g/mol. The third-order valence-corrected chi connectivity index (χ3v) is 3.37. The van der Waals surface area contributed by atoms with E-state index < -0.39 is 12.1 Å². The van der Waals surface area contributed by atoms with Crippen LogP contribution in [0.25, 0.3) is 0 Å². The number of rotatable bonds is 5. The van der Waals surface area contributed by atoms with Crippen molar-refractivity contribution in [1.82, 2.24) is 20.0 Å². The van der Waals surface area contributed by atoms with E-state index in [0.29, 0.717) is 12.2 Å². The van der Waals surface area contributed by atoms with Gasteiger partial charge in [-0.15, -0.1) is 5.10 Å². The van der Waals surface area contributed by atoms with E-state index in [-0.39, 0.29) is 11.5 Å². The number of carbonyl (C=O) groups is 1. The molecule has 0 N–H and O–H groups in total. The van der Waals surface area contributed by atoms with E-state index in [0.717, 1.165) is 5.56 Å². The minimum Gasteiger partial charge on any atom is -0.451 e. The second kappa shape index (κ2) is 6.99. The van der Waals surface area contributed by atoms with Gasteiger partial charge in [-0.1, -0.05) is 23.4 Å². The fourth-order valence-corrected chi connectivity index (χ4v) is 2.19. The Morgan fingerprint density at radius 1 is 1.29 bits per heavy atom. The molecule has 0 bridgehead atoms. The highest BCUT2D eigenvalue weighted by Crippen LogP contribution is 2.15. The number of benzene rings is 1. The SMILES string of the molecule is C[C@H](OC(=O)c1cn(Cc2cccc(F)c2)nn1)c1ccccn1. The molecule has 3 aromatic rings. The molecule has 0 unspecified atom stereocenters.